The number of hydrogen-bond donors (Lipinski definition) is 1. The van der Waals surface area contributed by atoms with Crippen LogP contribution in [0.5, 0.6) is 5.75 Å². The van der Waals surface area contributed by atoms with E-state index in [0.29, 0.717) is 52.4 Å². The monoisotopic (exact) mass is 454 g/mol. The molecule has 0 radical (unpaired) electrons. The summed E-state index contributed by atoms with van der Waals surface area (Å²) in [5, 5.41) is 3.88. The Morgan fingerprint density at radius 3 is 2.74 bits per heavy atom. The van der Waals surface area contributed by atoms with Gasteiger partial charge >= 0.3 is 0 Å². The van der Waals surface area contributed by atoms with E-state index >= 15 is 0 Å². The van der Waals surface area contributed by atoms with Gasteiger partial charge in [0.15, 0.2) is 5.58 Å². The quantitative estimate of drug-likeness (QED) is 0.308. The smallest absolute Gasteiger partial charge is 0.227 e. The van der Waals surface area contributed by atoms with Gasteiger partial charge in [0.2, 0.25) is 11.8 Å². The Morgan fingerprint density at radius 1 is 1.10 bits per heavy atom. The summed E-state index contributed by atoms with van der Waals surface area (Å²) in [6, 6.07) is 18.4. The van der Waals surface area contributed by atoms with E-state index in [4.69, 9.17) is 32.4 Å². The Kier molecular flexibility index (Phi) is 6.44. The van der Waals surface area contributed by atoms with E-state index in [1.54, 1.807) is 24.3 Å². The summed E-state index contributed by atoms with van der Waals surface area (Å²) in [6.45, 7) is 2.39. The minimum atomic E-state index is -0.108. The Bertz CT molecular complexity index is 1240. The van der Waals surface area contributed by atoms with Crippen molar-refractivity contribution < 1.29 is 13.9 Å². The van der Waals surface area contributed by atoms with E-state index in [9.17, 15) is 4.79 Å². The fourth-order valence-corrected chi connectivity index (χ4v) is 3.62. The lowest BCUT2D eigenvalue weighted by Gasteiger charge is -2.08. The minimum Gasteiger partial charge on any atom is -0.492 e. The molecule has 0 unspecified atom stereocenters. The summed E-state index contributed by atoms with van der Waals surface area (Å²) in [6.07, 6.45) is 0.862. The molecular weight excluding hydrogens is 435 g/mol. The Balaban J connectivity index is 1.33. The number of aromatic nitrogens is 1. The molecule has 1 aromatic heterocycles. The molecule has 0 saturated heterocycles. The first-order valence-electron chi connectivity index (χ1n) is 9.84. The van der Waals surface area contributed by atoms with Gasteiger partial charge < -0.3 is 14.5 Å². The number of anilines is 1. The molecule has 0 aliphatic rings. The molecule has 0 bridgehead atoms. The molecule has 1 heterocycles. The van der Waals surface area contributed by atoms with Gasteiger partial charge in [-0.25, -0.2) is 4.98 Å². The third-order valence-corrected chi connectivity index (χ3v) is 5.28. The van der Waals surface area contributed by atoms with Crippen LogP contribution in [0.4, 0.5) is 5.69 Å². The lowest BCUT2D eigenvalue weighted by molar-refractivity contribution is -0.116. The maximum absolute atomic E-state index is 12.3. The number of nitrogens with zero attached hydrogens (tertiary/aromatic N) is 1. The number of ether oxygens (including phenoxy) is 1. The van der Waals surface area contributed by atoms with Crippen molar-refractivity contribution in [1.29, 1.82) is 0 Å². The number of carbonyl (C=O) groups excluding carboxylic acids is 1. The average molecular weight is 455 g/mol. The third-order valence-electron chi connectivity index (χ3n) is 4.75. The zero-order valence-electron chi connectivity index (χ0n) is 16.8. The van der Waals surface area contributed by atoms with Crippen LogP contribution in [-0.4, -0.2) is 17.5 Å². The molecule has 7 heteroatoms. The zero-order valence-corrected chi connectivity index (χ0v) is 18.3. The van der Waals surface area contributed by atoms with Gasteiger partial charge in [0.25, 0.3) is 0 Å². The summed E-state index contributed by atoms with van der Waals surface area (Å²) in [4.78, 5) is 16.8. The average Bonchev–Trinajstić information content (AvgIpc) is 3.16. The van der Waals surface area contributed by atoms with Crippen LogP contribution < -0.4 is 10.1 Å². The summed E-state index contributed by atoms with van der Waals surface area (Å²) in [5.41, 5.74) is 4.06. The molecule has 0 saturated carbocycles. The predicted molar refractivity (Wildman–Crippen MR) is 124 cm³/mol. The second-order valence-electron chi connectivity index (χ2n) is 7.09. The van der Waals surface area contributed by atoms with Gasteiger partial charge in [0, 0.05) is 28.8 Å². The standard InChI is InChI=1S/C24H20Cl2N2O3/c1-15-5-2-3-6-18(15)24-28-20-10-9-17(14-22(20)31-24)27-23(29)7-4-12-30-21-11-8-16(25)13-19(21)26/h2-3,5-6,8-11,13-14H,4,7,12H2,1H3,(H,27,29). The van der Waals surface area contributed by atoms with E-state index < -0.39 is 0 Å². The molecule has 0 fully saturated rings. The van der Waals surface area contributed by atoms with E-state index in [1.165, 1.54) is 0 Å². The van der Waals surface area contributed by atoms with Crippen molar-refractivity contribution in [3.05, 3.63) is 76.3 Å². The van der Waals surface area contributed by atoms with Crippen molar-refractivity contribution >= 4 is 45.9 Å². The lowest BCUT2D eigenvalue weighted by atomic mass is 10.1. The molecule has 1 amide bonds. The maximum Gasteiger partial charge on any atom is 0.227 e. The summed E-state index contributed by atoms with van der Waals surface area (Å²) in [7, 11) is 0. The van der Waals surface area contributed by atoms with Crippen molar-refractivity contribution in [2.24, 2.45) is 0 Å². The molecule has 1 N–H and O–H groups in total. The molecule has 158 valence electrons. The topological polar surface area (TPSA) is 64.4 Å². The van der Waals surface area contributed by atoms with Crippen LogP contribution in [0.15, 0.2) is 65.1 Å². The van der Waals surface area contributed by atoms with Crippen LogP contribution >= 0.6 is 23.2 Å². The van der Waals surface area contributed by atoms with E-state index in [1.807, 2.05) is 43.3 Å². The van der Waals surface area contributed by atoms with Crippen molar-refractivity contribution in [3.8, 4) is 17.2 Å². The molecular formula is C24H20Cl2N2O3. The van der Waals surface area contributed by atoms with E-state index in [-0.39, 0.29) is 5.91 Å². The summed E-state index contributed by atoms with van der Waals surface area (Å²) >= 11 is 11.9. The Labute approximate surface area is 189 Å². The summed E-state index contributed by atoms with van der Waals surface area (Å²) < 4.78 is 11.5. The fourth-order valence-electron chi connectivity index (χ4n) is 3.16. The third kappa shape index (κ3) is 5.19. The molecule has 4 aromatic rings. The van der Waals surface area contributed by atoms with E-state index in [2.05, 4.69) is 10.3 Å². The largest absolute Gasteiger partial charge is 0.492 e. The van der Waals surface area contributed by atoms with E-state index in [0.717, 1.165) is 16.6 Å². The van der Waals surface area contributed by atoms with Gasteiger partial charge in [-0.3, -0.25) is 4.79 Å². The second kappa shape index (κ2) is 9.41. The van der Waals surface area contributed by atoms with Crippen LogP contribution in [0.1, 0.15) is 18.4 Å². The predicted octanol–water partition coefficient (Wildman–Crippen LogP) is 6.91. The molecule has 4 rings (SSSR count). The number of amides is 1. The van der Waals surface area contributed by atoms with Gasteiger partial charge in [0.1, 0.15) is 11.3 Å². The number of nitrogens with one attached hydrogen (secondary N) is 1. The Morgan fingerprint density at radius 2 is 1.94 bits per heavy atom. The molecule has 31 heavy (non-hydrogen) atoms. The highest BCUT2D eigenvalue weighted by molar-refractivity contribution is 6.35. The van der Waals surface area contributed by atoms with Crippen molar-refractivity contribution in [2.75, 3.05) is 11.9 Å². The van der Waals surface area contributed by atoms with Gasteiger partial charge in [-0.2, -0.15) is 0 Å². The number of halogens is 2. The van der Waals surface area contributed by atoms with Crippen molar-refractivity contribution in [3.63, 3.8) is 0 Å². The first-order chi connectivity index (χ1) is 15.0. The maximum atomic E-state index is 12.3. The minimum absolute atomic E-state index is 0.108. The van der Waals surface area contributed by atoms with Crippen molar-refractivity contribution in [2.45, 2.75) is 19.8 Å². The fraction of sp³-hybridized carbons (Fsp3) is 0.167. The number of rotatable bonds is 7. The van der Waals surface area contributed by atoms with Crippen molar-refractivity contribution in [1.82, 2.24) is 4.98 Å². The molecule has 5 nitrogen and oxygen atoms in total. The number of carbonyl (C=O) groups is 1. The first kappa shape index (κ1) is 21.2. The highest BCUT2D eigenvalue weighted by Crippen LogP contribution is 2.29. The zero-order chi connectivity index (χ0) is 21.8. The SMILES string of the molecule is Cc1ccccc1-c1nc2ccc(NC(=O)CCCOc3ccc(Cl)cc3Cl)cc2o1. The van der Waals surface area contributed by atoms with Gasteiger partial charge in [-0.15, -0.1) is 0 Å². The van der Waals surface area contributed by atoms with Gasteiger partial charge in [-0.05, 0) is 55.3 Å². The number of aryl methyl sites for hydroxylation is 1. The summed E-state index contributed by atoms with van der Waals surface area (Å²) in [5.74, 6) is 1.00. The van der Waals surface area contributed by atoms with Crippen LogP contribution in [0, 0.1) is 6.92 Å². The van der Waals surface area contributed by atoms with Crippen LogP contribution in [-0.2, 0) is 4.79 Å². The molecule has 0 atom stereocenters. The highest BCUT2D eigenvalue weighted by atomic mass is 35.5. The number of fused-ring (bicyclic) bond motifs is 1. The van der Waals surface area contributed by atoms with Gasteiger partial charge in [0.05, 0.1) is 11.6 Å². The number of hydrogen-bond acceptors (Lipinski definition) is 4. The van der Waals surface area contributed by atoms with Gasteiger partial charge in [-0.1, -0.05) is 41.4 Å². The molecule has 3 aromatic carbocycles. The molecule has 0 aliphatic heterocycles. The normalized spacial score (nSPS) is 10.9. The van der Waals surface area contributed by atoms with Crippen LogP contribution in [0.25, 0.3) is 22.6 Å². The number of oxazole rings is 1. The van der Waals surface area contributed by atoms with Crippen LogP contribution in [0.3, 0.4) is 0 Å². The molecule has 0 aliphatic carbocycles. The number of benzene rings is 3. The Hall–Kier alpha value is -3.02. The first-order valence-corrected chi connectivity index (χ1v) is 10.6. The highest BCUT2D eigenvalue weighted by Gasteiger charge is 2.12. The second-order valence-corrected chi connectivity index (χ2v) is 7.94. The lowest BCUT2D eigenvalue weighted by Crippen LogP contribution is -2.12. The molecule has 0 spiro atoms. The van der Waals surface area contributed by atoms with Crippen LogP contribution in [0.2, 0.25) is 10.0 Å².